The summed E-state index contributed by atoms with van der Waals surface area (Å²) in [4.78, 5) is 19.6. The molecule has 0 saturated heterocycles. The highest BCUT2D eigenvalue weighted by Gasteiger charge is 2.23. The number of carbonyl (C=O) groups is 1. The van der Waals surface area contributed by atoms with Crippen molar-refractivity contribution in [3.8, 4) is 16.5 Å². The van der Waals surface area contributed by atoms with Gasteiger partial charge < -0.3 is 14.2 Å². The zero-order valence-corrected chi connectivity index (χ0v) is 16.8. The fourth-order valence-corrected chi connectivity index (χ4v) is 3.27. The zero-order chi connectivity index (χ0) is 18.5. The van der Waals surface area contributed by atoms with Gasteiger partial charge in [0, 0.05) is 11.0 Å². The Hall–Kier alpha value is -2.19. The van der Waals surface area contributed by atoms with Crippen molar-refractivity contribution >= 4 is 33.2 Å². The van der Waals surface area contributed by atoms with Crippen LogP contribution in [0.5, 0.6) is 5.75 Å². The van der Waals surface area contributed by atoms with Gasteiger partial charge in [-0.3, -0.25) is 4.79 Å². The smallest absolute Gasteiger partial charge is 0.263 e. The first-order chi connectivity index (χ1) is 12.6. The maximum absolute atomic E-state index is 12.7. The second kappa shape index (κ2) is 8.46. The third-order valence-corrected chi connectivity index (χ3v) is 5.10. The van der Waals surface area contributed by atoms with Crippen molar-refractivity contribution in [3.05, 3.63) is 52.1 Å². The molecule has 136 valence electrons. The third kappa shape index (κ3) is 4.50. The molecular formula is C18H18BrN3O3S. The summed E-state index contributed by atoms with van der Waals surface area (Å²) in [6.45, 7) is 4.41. The zero-order valence-electron chi connectivity index (χ0n) is 14.4. The molecule has 0 aliphatic carbocycles. The minimum Gasteiger partial charge on any atom is -0.481 e. The molecule has 0 unspecified atom stereocenters. The summed E-state index contributed by atoms with van der Waals surface area (Å²) >= 11 is 4.91. The van der Waals surface area contributed by atoms with E-state index in [0.29, 0.717) is 24.0 Å². The maximum atomic E-state index is 12.7. The number of nitrogens with zero attached hydrogens (tertiary/aromatic N) is 3. The summed E-state index contributed by atoms with van der Waals surface area (Å²) in [7, 11) is 0. The minimum atomic E-state index is -0.615. The molecule has 0 aliphatic heterocycles. The lowest BCUT2D eigenvalue weighted by atomic mass is 10.3. The SMILES string of the molecule is CCN(Cc1nc(-c2cccs2)no1)C(=O)[C@@H](C)Oc1ccc(Br)cc1. The Labute approximate surface area is 163 Å². The quantitative estimate of drug-likeness (QED) is 0.550. The fourth-order valence-electron chi connectivity index (χ4n) is 2.36. The van der Waals surface area contributed by atoms with Gasteiger partial charge in [-0.25, -0.2) is 0 Å². The van der Waals surface area contributed by atoms with E-state index < -0.39 is 6.10 Å². The van der Waals surface area contributed by atoms with Crippen molar-refractivity contribution in [2.75, 3.05) is 6.54 Å². The average molecular weight is 436 g/mol. The largest absolute Gasteiger partial charge is 0.481 e. The molecular weight excluding hydrogens is 418 g/mol. The lowest BCUT2D eigenvalue weighted by Gasteiger charge is -2.23. The van der Waals surface area contributed by atoms with Crippen LogP contribution in [0, 0.1) is 0 Å². The van der Waals surface area contributed by atoms with Gasteiger partial charge >= 0.3 is 0 Å². The van der Waals surface area contributed by atoms with Gasteiger partial charge in [-0.2, -0.15) is 4.98 Å². The first-order valence-electron chi connectivity index (χ1n) is 8.14. The number of aromatic nitrogens is 2. The summed E-state index contributed by atoms with van der Waals surface area (Å²) in [6, 6.07) is 11.2. The van der Waals surface area contributed by atoms with Crippen molar-refractivity contribution in [2.24, 2.45) is 0 Å². The van der Waals surface area contributed by atoms with Crippen molar-refractivity contribution in [3.63, 3.8) is 0 Å². The fraction of sp³-hybridized carbons (Fsp3) is 0.278. The number of rotatable bonds is 7. The highest BCUT2D eigenvalue weighted by atomic mass is 79.9. The first kappa shape index (κ1) is 18.6. The van der Waals surface area contributed by atoms with Crippen molar-refractivity contribution in [2.45, 2.75) is 26.5 Å². The van der Waals surface area contributed by atoms with Gasteiger partial charge in [0.2, 0.25) is 11.7 Å². The Morgan fingerprint density at radius 1 is 1.35 bits per heavy atom. The van der Waals surface area contributed by atoms with Crippen LogP contribution in [0.1, 0.15) is 19.7 Å². The van der Waals surface area contributed by atoms with E-state index in [4.69, 9.17) is 9.26 Å². The molecule has 0 saturated carbocycles. The van der Waals surface area contributed by atoms with Gasteiger partial charge in [0.1, 0.15) is 12.3 Å². The predicted molar refractivity (Wildman–Crippen MR) is 103 cm³/mol. The summed E-state index contributed by atoms with van der Waals surface area (Å²) in [5.41, 5.74) is 0. The highest BCUT2D eigenvalue weighted by Crippen LogP contribution is 2.22. The van der Waals surface area contributed by atoms with Crippen molar-refractivity contribution < 1.29 is 14.1 Å². The van der Waals surface area contributed by atoms with Gasteiger partial charge in [0.25, 0.3) is 5.91 Å². The molecule has 0 spiro atoms. The van der Waals surface area contributed by atoms with Gasteiger partial charge in [0.05, 0.1) is 4.88 Å². The third-order valence-electron chi connectivity index (χ3n) is 3.70. The summed E-state index contributed by atoms with van der Waals surface area (Å²) < 4.78 is 12.0. The lowest BCUT2D eigenvalue weighted by Crippen LogP contribution is -2.40. The number of likely N-dealkylation sites (N-methyl/N-ethyl adjacent to an activating group) is 1. The molecule has 3 aromatic rings. The molecule has 2 aromatic heterocycles. The van der Waals surface area contributed by atoms with Gasteiger partial charge in [-0.05, 0) is 49.6 Å². The van der Waals surface area contributed by atoms with Crippen molar-refractivity contribution in [1.29, 1.82) is 0 Å². The molecule has 1 atom stereocenters. The standard InChI is InChI=1S/C18H18BrN3O3S/c1-3-22(11-16-20-17(21-25-16)15-5-4-10-26-15)18(23)12(2)24-14-8-6-13(19)7-9-14/h4-10,12H,3,11H2,1-2H3/t12-/m1/s1. The van der Waals surface area contributed by atoms with Gasteiger partial charge in [0.15, 0.2) is 6.10 Å². The van der Waals surface area contributed by atoms with E-state index in [1.54, 1.807) is 11.8 Å². The van der Waals surface area contributed by atoms with Crippen LogP contribution in [0.4, 0.5) is 0 Å². The van der Waals surface area contributed by atoms with Crippen molar-refractivity contribution in [1.82, 2.24) is 15.0 Å². The van der Waals surface area contributed by atoms with Crippen LogP contribution in [0.25, 0.3) is 10.7 Å². The maximum Gasteiger partial charge on any atom is 0.263 e. The average Bonchev–Trinajstić information content (AvgIpc) is 3.32. The number of hydrogen-bond donors (Lipinski definition) is 0. The van der Waals surface area contributed by atoms with E-state index in [1.165, 1.54) is 11.3 Å². The number of amides is 1. The summed E-state index contributed by atoms with van der Waals surface area (Å²) in [5.74, 6) is 1.45. The second-order valence-corrected chi connectivity index (χ2v) is 7.42. The van der Waals surface area contributed by atoms with Crippen LogP contribution < -0.4 is 4.74 Å². The summed E-state index contributed by atoms with van der Waals surface area (Å²) in [6.07, 6.45) is -0.615. The van der Waals surface area contributed by atoms with Gasteiger partial charge in [-0.1, -0.05) is 27.2 Å². The topological polar surface area (TPSA) is 68.5 Å². The minimum absolute atomic E-state index is 0.133. The molecule has 0 radical (unpaired) electrons. The molecule has 0 aliphatic rings. The van der Waals surface area contributed by atoms with Crippen LogP contribution in [0.15, 0.2) is 50.8 Å². The molecule has 0 fully saturated rings. The molecule has 26 heavy (non-hydrogen) atoms. The summed E-state index contributed by atoms with van der Waals surface area (Å²) in [5, 5.41) is 5.93. The Morgan fingerprint density at radius 3 is 2.77 bits per heavy atom. The Morgan fingerprint density at radius 2 is 2.12 bits per heavy atom. The Bertz CT molecular complexity index is 849. The van der Waals surface area contributed by atoms with Gasteiger partial charge in [-0.15, -0.1) is 11.3 Å². The van der Waals surface area contributed by atoms with E-state index in [1.807, 2.05) is 48.7 Å². The molecule has 6 nitrogen and oxygen atoms in total. The first-order valence-corrected chi connectivity index (χ1v) is 9.81. The highest BCUT2D eigenvalue weighted by molar-refractivity contribution is 9.10. The van der Waals surface area contributed by atoms with E-state index in [9.17, 15) is 4.79 Å². The Balaban J connectivity index is 1.64. The lowest BCUT2D eigenvalue weighted by molar-refractivity contribution is -0.138. The van der Waals surface area contributed by atoms with E-state index in [2.05, 4.69) is 26.1 Å². The van der Waals surface area contributed by atoms with Crippen LogP contribution in [0.3, 0.4) is 0 Å². The van der Waals surface area contributed by atoms with E-state index >= 15 is 0 Å². The normalized spacial score (nSPS) is 12.0. The molecule has 8 heteroatoms. The molecule has 3 rings (SSSR count). The second-order valence-electron chi connectivity index (χ2n) is 5.56. The van der Waals surface area contributed by atoms with Crippen LogP contribution in [-0.4, -0.2) is 33.6 Å². The molecule has 2 heterocycles. The number of halogens is 1. The Kier molecular flexibility index (Phi) is 6.05. The molecule has 1 amide bonds. The van der Waals surface area contributed by atoms with E-state index in [-0.39, 0.29) is 12.5 Å². The van der Waals surface area contributed by atoms with E-state index in [0.717, 1.165) is 9.35 Å². The van der Waals surface area contributed by atoms with Crippen LogP contribution >= 0.6 is 27.3 Å². The monoisotopic (exact) mass is 435 g/mol. The number of thiophene rings is 1. The number of ether oxygens (including phenoxy) is 1. The molecule has 0 N–H and O–H groups in total. The van der Waals surface area contributed by atoms with Crippen LogP contribution in [-0.2, 0) is 11.3 Å². The predicted octanol–water partition coefficient (Wildman–Crippen LogP) is 4.38. The molecule has 1 aromatic carbocycles. The number of hydrogen-bond acceptors (Lipinski definition) is 6. The number of carbonyl (C=O) groups excluding carboxylic acids is 1. The number of benzene rings is 1. The van der Waals surface area contributed by atoms with Crippen LogP contribution in [0.2, 0.25) is 0 Å². The molecule has 0 bridgehead atoms.